The van der Waals surface area contributed by atoms with Crippen LogP contribution in [0.1, 0.15) is 30.6 Å². The van der Waals surface area contributed by atoms with Gasteiger partial charge in [-0.05, 0) is 37.6 Å². The molecule has 0 saturated heterocycles. The zero-order valence-corrected chi connectivity index (χ0v) is 10.8. The van der Waals surface area contributed by atoms with Crippen molar-refractivity contribution < 1.29 is 13.7 Å². The lowest BCUT2D eigenvalue weighted by Gasteiger charge is -2.10. The van der Waals surface area contributed by atoms with E-state index in [-0.39, 0.29) is 17.8 Å². The van der Waals surface area contributed by atoms with Gasteiger partial charge in [-0.1, -0.05) is 12.1 Å². The van der Waals surface area contributed by atoms with Gasteiger partial charge in [0.25, 0.3) is 5.91 Å². The number of amides is 1. The molecule has 19 heavy (non-hydrogen) atoms. The Morgan fingerprint density at radius 1 is 1.42 bits per heavy atom. The summed E-state index contributed by atoms with van der Waals surface area (Å²) < 4.78 is 18.0. The van der Waals surface area contributed by atoms with Crippen LogP contribution in [0.3, 0.4) is 0 Å². The average molecular weight is 262 g/mol. The third-order valence-electron chi connectivity index (χ3n) is 2.91. The van der Waals surface area contributed by atoms with Crippen molar-refractivity contribution in [3.8, 4) is 11.3 Å². The molecule has 2 aromatic rings. The number of carbonyl (C=O) groups excluding carboxylic acids is 1. The van der Waals surface area contributed by atoms with Crippen molar-refractivity contribution in [2.45, 2.75) is 26.3 Å². The molecule has 0 aliphatic rings. The van der Waals surface area contributed by atoms with Crippen LogP contribution >= 0.6 is 0 Å². The molecule has 1 heterocycles. The first-order chi connectivity index (χ1) is 9.11. The lowest BCUT2D eigenvalue weighted by molar-refractivity contribution is 0.0939. The second-order valence-electron chi connectivity index (χ2n) is 4.36. The summed E-state index contributed by atoms with van der Waals surface area (Å²) >= 11 is 0. The highest BCUT2D eigenvalue weighted by atomic mass is 19.1. The number of rotatable bonds is 4. The largest absolute Gasteiger partial charge is 0.355 e. The van der Waals surface area contributed by atoms with Gasteiger partial charge in [-0.3, -0.25) is 4.79 Å². The topological polar surface area (TPSA) is 55.1 Å². The molecule has 1 aromatic carbocycles. The number of halogens is 1. The van der Waals surface area contributed by atoms with Crippen molar-refractivity contribution in [3.63, 3.8) is 0 Å². The maximum atomic E-state index is 12.9. The van der Waals surface area contributed by atoms with Crippen LogP contribution in [0.4, 0.5) is 4.39 Å². The van der Waals surface area contributed by atoms with Gasteiger partial charge in [-0.2, -0.15) is 0 Å². The minimum atomic E-state index is -0.339. The molecule has 2 rings (SSSR count). The fourth-order valence-electron chi connectivity index (χ4n) is 1.61. The maximum absolute atomic E-state index is 12.9. The first kappa shape index (κ1) is 13.3. The second-order valence-corrected chi connectivity index (χ2v) is 4.36. The maximum Gasteiger partial charge on any atom is 0.257 e. The average Bonchev–Trinajstić information content (AvgIpc) is 2.88. The summed E-state index contributed by atoms with van der Waals surface area (Å²) in [7, 11) is 0. The molecule has 1 N–H and O–H groups in total. The predicted octanol–water partition coefficient (Wildman–Crippen LogP) is 3.01. The van der Waals surface area contributed by atoms with E-state index in [0.717, 1.165) is 6.42 Å². The van der Waals surface area contributed by atoms with Crippen molar-refractivity contribution in [1.82, 2.24) is 10.5 Å². The Hall–Kier alpha value is -2.17. The van der Waals surface area contributed by atoms with Crippen molar-refractivity contribution in [2.24, 2.45) is 0 Å². The Kier molecular flexibility index (Phi) is 3.94. The van der Waals surface area contributed by atoms with Gasteiger partial charge >= 0.3 is 0 Å². The predicted molar refractivity (Wildman–Crippen MR) is 69.1 cm³/mol. The highest BCUT2D eigenvalue weighted by Gasteiger charge is 2.18. The molecule has 1 unspecified atom stereocenters. The number of hydrogen-bond acceptors (Lipinski definition) is 3. The van der Waals surface area contributed by atoms with E-state index in [1.165, 1.54) is 18.3 Å². The third kappa shape index (κ3) is 2.99. The summed E-state index contributed by atoms with van der Waals surface area (Å²) in [5, 5.41) is 6.49. The molecule has 1 aromatic heterocycles. The molecule has 0 aliphatic carbocycles. The van der Waals surface area contributed by atoms with Crippen LogP contribution in [-0.4, -0.2) is 17.1 Å². The van der Waals surface area contributed by atoms with Gasteiger partial charge in [0.2, 0.25) is 0 Å². The van der Waals surface area contributed by atoms with E-state index < -0.39 is 0 Å². The summed E-state index contributed by atoms with van der Waals surface area (Å²) in [5.74, 6) is -0.232. The lowest BCUT2D eigenvalue weighted by Crippen LogP contribution is -2.31. The fourth-order valence-corrected chi connectivity index (χ4v) is 1.61. The highest BCUT2D eigenvalue weighted by molar-refractivity contribution is 5.99. The van der Waals surface area contributed by atoms with Crippen LogP contribution in [0.2, 0.25) is 0 Å². The molecule has 1 atom stereocenters. The van der Waals surface area contributed by atoms with Crippen LogP contribution in [-0.2, 0) is 0 Å². The number of benzene rings is 1. The van der Waals surface area contributed by atoms with Crippen molar-refractivity contribution in [3.05, 3.63) is 41.8 Å². The van der Waals surface area contributed by atoms with Gasteiger partial charge in [-0.15, -0.1) is 0 Å². The molecule has 1 amide bonds. The van der Waals surface area contributed by atoms with Gasteiger partial charge in [0.15, 0.2) is 5.76 Å². The minimum Gasteiger partial charge on any atom is -0.355 e. The van der Waals surface area contributed by atoms with Crippen LogP contribution in [0.15, 0.2) is 35.0 Å². The van der Waals surface area contributed by atoms with E-state index in [9.17, 15) is 9.18 Å². The first-order valence-electron chi connectivity index (χ1n) is 6.13. The minimum absolute atomic E-state index is 0.0727. The summed E-state index contributed by atoms with van der Waals surface area (Å²) in [6.07, 6.45) is 2.21. The normalized spacial score (nSPS) is 12.2. The highest BCUT2D eigenvalue weighted by Crippen LogP contribution is 2.23. The van der Waals surface area contributed by atoms with E-state index in [1.54, 1.807) is 12.1 Å². The smallest absolute Gasteiger partial charge is 0.257 e. The third-order valence-corrected chi connectivity index (χ3v) is 2.91. The number of aromatic nitrogens is 1. The number of hydrogen-bond donors (Lipinski definition) is 1. The van der Waals surface area contributed by atoms with E-state index in [1.807, 2.05) is 13.8 Å². The van der Waals surface area contributed by atoms with E-state index >= 15 is 0 Å². The van der Waals surface area contributed by atoms with Crippen molar-refractivity contribution in [2.75, 3.05) is 0 Å². The van der Waals surface area contributed by atoms with Crippen molar-refractivity contribution >= 4 is 5.91 Å². The second kappa shape index (κ2) is 5.65. The monoisotopic (exact) mass is 262 g/mol. The van der Waals surface area contributed by atoms with Crippen molar-refractivity contribution in [1.29, 1.82) is 0 Å². The SMILES string of the molecule is CCC(C)NC(=O)c1cnoc1-c1ccc(F)cc1. The molecule has 100 valence electrons. The Bertz CT molecular complexity index is 563. The summed E-state index contributed by atoms with van der Waals surface area (Å²) in [4.78, 5) is 12.1. The first-order valence-corrected chi connectivity index (χ1v) is 6.13. The Morgan fingerprint density at radius 3 is 2.74 bits per heavy atom. The zero-order valence-electron chi connectivity index (χ0n) is 10.8. The van der Waals surface area contributed by atoms with E-state index in [4.69, 9.17) is 4.52 Å². The lowest BCUT2D eigenvalue weighted by atomic mass is 10.1. The molecular formula is C14H15FN2O2. The molecule has 4 nitrogen and oxygen atoms in total. The summed E-state index contributed by atoms with van der Waals surface area (Å²) in [5.41, 5.74) is 0.972. The summed E-state index contributed by atoms with van der Waals surface area (Å²) in [6, 6.07) is 5.80. The van der Waals surface area contributed by atoms with Crippen LogP contribution in [0, 0.1) is 5.82 Å². The van der Waals surface area contributed by atoms with Gasteiger partial charge in [0.05, 0.1) is 6.20 Å². The fraction of sp³-hybridized carbons (Fsp3) is 0.286. The number of nitrogens with zero attached hydrogens (tertiary/aromatic N) is 1. The standard InChI is InChI=1S/C14H15FN2O2/c1-3-9(2)17-14(18)12-8-16-19-13(12)10-4-6-11(15)7-5-10/h4-9H,3H2,1-2H3,(H,17,18). The van der Waals surface area contributed by atoms with Gasteiger partial charge in [-0.25, -0.2) is 4.39 Å². The van der Waals surface area contributed by atoms with Crippen LogP contribution in [0.25, 0.3) is 11.3 Å². The Balaban J connectivity index is 2.27. The van der Waals surface area contributed by atoms with E-state index in [2.05, 4.69) is 10.5 Å². The Labute approximate surface area is 110 Å². The van der Waals surface area contributed by atoms with E-state index in [0.29, 0.717) is 16.9 Å². The van der Waals surface area contributed by atoms with Crippen LogP contribution in [0.5, 0.6) is 0 Å². The molecule has 5 heteroatoms. The molecule has 0 aliphatic heterocycles. The van der Waals surface area contributed by atoms with Gasteiger partial charge in [0.1, 0.15) is 11.4 Å². The molecule has 0 bridgehead atoms. The zero-order chi connectivity index (χ0) is 13.8. The van der Waals surface area contributed by atoms with Gasteiger partial charge in [0, 0.05) is 11.6 Å². The van der Waals surface area contributed by atoms with Gasteiger partial charge < -0.3 is 9.84 Å². The molecular weight excluding hydrogens is 247 g/mol. The molecule has 0 fully saturated rings. The molecule has 0 radical (unpaired) electrons. The quantitative estimate of drug-likeness (QED) is 0.921. The molecule has 0 spiro atoms. The Morgan fingerprint density at radius 2 is 2.11 bits per heavy atom. The molecule has 0 saturated carbocycles. The summed E-state index contributed by atoms with van der Waals surface area (Å²) in [6.45, 7) is 3.91. The number of nitrogens with one attached hydrogen (secondary N) is 1. The van der Waals surface area contributed by atoms with Crippen LogP contribution < -0.4 is 5.32 Å². The number of carbonyl (C=O) groups is 1.